The highest BCUT2D eigenvalue weighted by atomic mass is 14.6. The van der Waals surface area contributed by atoms with Gasteiger partial charge in [-0.1, -0.05) is 75.4 Å². The second-order valence-corrected chi connectivity index (χ2v) is 6.03. The van der Waals surface area contributed by atoms with Gasteiger partial charge in [-0.05, 0) is 41.5 Å². The Morgan fingerprint density at radius 2 is 2.04 bits per heavy atom. The maximum Gasteiger partial charge on any atom is 0.0188 e. The van der Waals surface area contributed by atoms with Crippen LogP contribution in [0.1, 0.15) is 43.4 Å². The minimum absolute atomic E-state index is 0.330. The van der Waals surface area contributed by atoms with Crippen molar-refractivity contribution >= 4 is 6.08 Å². The molecule has 124 valence electrons. The first-order valence-electron chi connectivity index (χ1n) is 8.23. The van der Waals surface area contributed by atoms with Crippen molar-refractivity contribution in [1.82, 2.24) is 0 Å². The van der Waals surface area contributed by atoms with Gasteiger partial charge in [-0.15, -0.1) is 0 Å². The summed E-state index contributed by atoms with van der Waals surface area (Å²) in [5.74, 6) is 0.330. The van der Waals surface area contributed by atoms with E-state index in [0.717, 1.165) is 40.8 Å². The van der Waals surface area contributed by atoms with Crippen LogP contribution in [0.4, 0.5) is 0 Å². The highest BCUT2D eigenvalue weighted by molar-refractivity contribution is 5.61. The molecule has 0 amide bonds. The lowest BCUT2D eigenvalue weighted by atomic mass is 9.94. The number of hydrogen-bond donors (Lipinski definition) is 2. The summed E-state index contributed by atoms with van der Waals surface area (Å²) in [4.78, 5) is 0. The van der Waals surface area contributed by atoms with Crippen molar-refractivity contribution in [1.29, 1.82) is 0 Å². The molecule has 1 unspecified atom stereocenters. The number of benzene rings is 1. The van der Waals surface area contributed by atoms with Gasteiger partial charge < -0.3 is 11.5 Å². The van der Waals surface area contributed by atoms with E-state index in [1.165, 1.54) is 5.56 Å². The van der Waals surface area contributed by atoms with Gasteiger partial charge in [0.2, 0.25) is 0 Å². The fraction of sp³-hybridized carbons (Fsp3) is 0.333. The fourth-order valence-electron chi connectivity index (χ4n) is 2.62. The lowest BCUT2D eigenvalue weighted by molar-refractivity contribution is 0.593. The van der Waals surface area contributed by atoms with E-state index in [2.05, 4.69) is 58.2 Å². The van der Waals surface area contributed by atoms with Gasteiger partial charge in [0.15, 0.2) is 0 Å². The van der Waals surface area contributed by atoms with Gasteiger partial charge >= 0.3 is 0 Å². The first-order valence-corrected chi connectivity index (χ1v) is 8.23. The van der Waals surface area contributed by atoms with Gasteiger partial charge in [0.1, 0.15) is 0 Å². The Morgan fingerprint density at radius 1 is 1.35 bits per heavy atom. The molecule has 0 aliphatic heterocycles. The van der Waals surface area contributed by atoms with Gasteiger partial charge in [0.05, 0.1) is 0 Å². The minimum Gasteiger partial charge on any atom is -0.401 e. The number of rotatable bonds is 8. The van der Waals surface area contributed by atoms with Crippen LogP contribution in [-0.4, -0.2) is 0 Å². The van der Waals surface area contributed by atoms with Crippen molar-refractivity contribution in [2.24, 2.45) is 17.4 Å². The summed E-state index contributed by atoms with van der Waals surface area (Å²) >= 11 is 0. The molecule has 0 aliphatic rings. The van der Waals surface area contributed by atoms with Crippen LogP contribution < -0.4 is 11.5 Å². The molecule has 1 rings (SSSR count). The number of allylic oxidation sites excluding steroid dienone is 5. The second kappa shape index (κ2) is 9.16. The van der Waals surface area contributed by atoms with Crippen LogP contribution in [0.2, 0.25) is 0 Å². The molecule has 0 heterocycles. The highest BCUT2D eigenvalue weighted by Gasteiger charge is 2.10. The summed E-state index contributed by atoms with van der Waals surface area (Å²) in [5.41, 5.74) is 18.2. The van der Waals surface area contributed by atoms with Gasteiger partial charge in [-0.3, -0.25) is 0 Å². The Hall–Kier alpha value is -2.06. The predicted octanol–water partition coefficient (Wildman–Crippen LogP) is 4.86. The molecule has 2 nitrogen and oxygen atoms in total. The number of nitrogens with two attached hydrogens (primary N) is 2. The molecule has 0 saturated heterocycles. The molecule has 0 spiro atoms. The molecule has 0 saturated carbocycles. The molecule has 0 aliphatic carbocycles. The van der Waals surface area contributed by atoms with Crippen LogP contribution in [0.3, 0.4) is 0 Å². The van der Waals surface area contributed by atoms with Crippen molar-refractivity contribution in [2.75, 3.05) is 0 Å². The van der Waals surface area contributed by atoms with E-state index < -0.39 is 0 Å². The Bertz CT molecular complexity index is 621. The fourth-order valence-corrected chi connectivity index (χ4v) is 2.62. The zero-order chi connectivity index (χ0) is 17.4. The van der Waals surface area contributed by atoms with Crippen LogP contribution in [0, 0.1) is 12.8 Å². The maximum absolute atomic E-state index is 6.30. The average molecular weight is 310 g/mol. The molecule has 1 atom stereocenters. The van der Waals surface area contributed by atoms with Crippen LogP contribution in [0.25, 0.3) is 6.08 Å². The van der Waals surface area contributed by atoms with Crippen molar-refractivity contribution in [2.45, 2.75) is 40.2 Å². The quantitative estimate of drug-likeness (QED) is 0.674. The summed E-state index contributed by atoms with van der Waals surface area (Å²) in [5, 5.41) is 0. The van der Waals surface area contributed by atoms with Crippen molar-refractivity contribution in [3.8, 4) is 0 Å². The van der Waals surface area contributed by atoms with E-state index in [-0.39, 0.29) is 0 Å². The smallest absolute Gasteiger partial charge is 0.0188 e. The minimum atomic E-state index is 0.330. The molecule has 0 fully saturated rings. The molecule has 1 aromatic carbocycles. The topological polar surface area (TPSA) is 52.0 Å². The normalized spacial score (nSPS) is 13.7. The predicted molar refractivity (Wildman–Crippen MR) is 103 cm³/mol. The van der Waals surface area contributed by atoms with Crippen LogP contribution >= 0.6 is 0 Å². The van der Waals surface area contributed by atoms with Crippen LogP contribution in [-0.2, 0) is 6.54 Å². The van der Waals surface area contributed by atoms with Crippen molar-refractivity contribution in [3.63, 3.8) is 0 Å². The SMILES string of the molecule is C=C/C(C(=C)/C=C/c1cc(C)ccc1CN)=C(/N)C(C)CCC. The average Bonchev–Trinajstić information content (AvgIpc) is 2.53. The Balaban J connectivity index is 3.07. The summed E-state index contributed by atoms with van der Waals surface area (Å²) < 4.78 is 0. The monoisotopic (exact) mass is 310 g/mol. The largest absolute Gasteiger partial charge is 0.401 e. The van der Waals surface area contributed by atoms with Crippen molar-refractivity contribution in [3.05, 3.63) is 77.0 Å². The zero-order valence-corrected chi connectivity index (χ0v) is 14.7. The van der Waals surface area contributed by atoms with E-state index in [1.54, 1.807) is 6.08 Å². The molecule has 2 heteroatoms. The van der Waals surface area contributed by atoms with Gasteiger partial charge in [-0.2, -0.15) is 0 Å². The second-order valence-electron chi connectivity index (χ2n) is 6.03. The first kappa shape index (κ1) is 19.0. The lowest BCUT2D eigenvalue weighted by Gasteiger charge is -2.15. The summed E-state index contributed by atoms with van der Waals surface area (Å²) in [7, 11) is 0. The van der Waals surface area contributed by atoms with E-state index in [9.17, 15) is 0 Å². The van der Waals surface area contributed by atoms with Crippen molar-refractivity contribution < 1.29 is 0 Å². The molecule has 23 heavy (non-hydrogen) atoms. The Labute approximate surface area is 141 Å². The molecular weight excluding hydrogens is 280 g/mol. The molecule has 0 bridgehead atoms. The van der Waals surface area contributed by atoms with Crippen LogP contribution in [0.15, 0.2) is 60.4 Å². The van der Waals surface area contributed by atoms with Gasteiger partial charge in [0, 0.05) is 12.2 Å². The summed E-state index contributed by atoms with van der Waals surface area (Å²) in [6.07, 6.45) is 8.02. The lowest BCUT2D eigenvalue weighted by Crippen LogP contribution is -2.11. The highest BCUT2D eigenvalue weighted by Crippen LogP contribution is 2.23. The Kier molecular flexibility index (Phi) is 7.56. The Morgan fingerprint density at radius 3 is 2.61 bits per heavy atom. The molecule has 1 aromatic rings. The zero-order valence-electron chi connectivity index (χ0n) is 14.7. The van der Waals surface area contributed by atoms with E-state index >= 15 is 0 Å². The van der Waals surface area contributed by atoms with E-state index in [1.807, 2.05) is 6.08 Å². The third kappa shape index (κ3) is 5.26. The molecule has 4 N–H and O–H groups in total. The number of hydrogen-bond acceptors (Lipinski definition) is 2. The van der Waals surface area contributed by atoms with E-state index in [4.69, 9.17) is 11.5 Å². The molecule has 0 aromatic heterocycles. The van der Waals surface area contributed by atoms with Crippen LogP contribution in [0.5, 0.6) is 0 Å². The van der Waals surface area contributed by atoms with Gasteiger partial charge in [0.25, 0.3) is 0 Å². The number of aryl methyl sites for hydroxylation is 1. The standard InChI is InChI=1S/C21H30N2/c1-6-8-17(5)21(23)20(7-2)16(4)10-12-18-13-15(3)9-11-19(18)14-22/h7,9-13,17H,2,4,6,8,14,22-23H2,1,3,5H3/b12-10+,21-20-. The van der Waals surface area contributed by atoms with E-state index in [0.29, 0.717) is 12.5 Å². The third-order valence-corrected chi connectivity index (χ3v) is 4.10. The summed E-state index contributed by atoms with van der Waals surface area (Å²) in [6, 6.07) is 6.28. The maximum atomic E-state index is 6.30. The summed E-state index contributed by atoms with van der Waals surface area (Å²) in [6.45, 7) is 15.0. The molecule has 0 radical (unpaired) electrons. The third-order valence-electron chi connectivity index (χ3n) is 4.10. The molecular formula is C21H30N2. The first-order chi connectivity index (χ1) is 10.9. The van der Waals surface area contributed by atoms with Gasteiger partial charge in [-0.25, -0.2) is 0 Å².